The van der Waals surface area contributed by atoms with Crippen LogP contribution in [0.15, 0.2) is 41.4 Å². The van der Waals surface area contributed by atoms with E-state index in [0.717, 1.165) is 13.0 Å². The molecule has 1 aromatic carbocycles. The molecule has 0 saturated carbocycles. The number of fused-ring (bicyclic) bond motifs is 3. The lowest BCUT2D eigenvalue weighted by Crippen LogP contribution is -2.47. The Balaban J connectivity index is 1.79. The molecule has 0 amide bonds. The first-order valence-corrected chi connectivity index (χ1v) is 8.53. The van der Waals surface area contributed by atoms with E-state index >= 15 is 0 Å². The Bertz CT molecular complexity index is 801. The van der Waals surface area contributed by atoms with Crippen molar-refractivity contribution in [3.05, 3.63) is 46.9 Å². The van der Waals surface area contributed by atoms with Crippen LogP contribution >= 0.6 is 11.3 Å². The van der Waals surface area contributed by atoms with Crippen LogP contribution in [-0.2, 0) is 12.0 Å². The van der Waals surface area contributed by atoms with Gasteiger partial charge in [-0.15, -0.1) is 11.3 Å². The molecule has 106 valence electrons. The van der Waals surface area contributed by atoms with Gasteiger partial charge in [0.15, 0.2) is 0 Å². The first kappa shape index (κ1) is 12.1. The Morgan fingerprint density at radius 1 is 1.33 bits per heavy atom. The number of aliphatic imine (C=N–C) groups is 1. The lowest BCUT2D eigenvalue weighted by Gasteiger charge is -2.42. The molecule has 3 heterocycles. The molecule has 1 aliphatic carbocycles. The minimum absolute atomic E-state index is 0.255. The van der Waals surface area contributed by atoms with Crippen LogP contribution in [0.2, 0.25) is 0 Å². The summed E-state index contributed by atoms with van der Waals surface area (Å²) in [6, 6.07) is 9.54. The summed E-state index contributed by atoms with van der Waals surface area (Å²) in [6.07, 6.45) is 7.13. The van der Waals surface area contributed by atoms with Crippen LogP contribution in [0, 0.1) is 0 Å². The molecule has 5 rings (SSSR count). The third-order valence-corrected chi connectivity index (χ3v) is 7.00. The van der Waals surface area contributed by atoms with E-state index in [-0.39, 0.29) is 5.41 Å². The average molecular weight is 294 g/mol. The molecular weight excluding hydrogens is 276 g/mol. The summed E-state index contributed by atoms with van der Waals surface area (Å²) in [5, 5.41) is 1.48. The number of benzene rings is 1. The van der Waals surface area contributed by atoms with Gasteiger partial charge in [-0.2, -0.15) is 0 Å². The average Bonchev–Trinajstić information content (AvgIpc) is 3.04. The van der Waals surface area contributed by atoms with Crippen molar-refractivity contribution >= 4 is 27.1 Å². The Labute approximate surface area is 128 Å². The third-order valence-electron chi connectivity index (χ3n) is 5.59. The Morgan fingerprint density at radius 2 is 2.24 bits per heavy atom. The van der Waals surface area contributed by atoms with Crippen LogP contribution in [0.25, 0.3) is 10.1 Å². The predicted octanol–water partition coefficient (Wildman–Crippen LogP) is 3.76. The number of thiophene rings is 1. The number of hydrogen-bond donors (Lipinski definition) is 0. The van der Waals surface area contributed by atoms with Gasteiger partial charge >= 0.3 is 0 Å². The summed E-state index contributed by atoms with van der Waals surface area (Å²) in [6.45, 7) is 2.35. The molecule has 1 unspecified atom stereocenters. The summed E-state index contributed by atoms with van der Waals surface area (Å²) in [5.41, 5.74) is 3.10. The number of allylic oxidation sites excluding steroid dienone is 1. The largest absolute Gasteiger partial charge is 0.294 e. The quantitative estimate of drug-likeness (QED) is 0.722. The molecule has 21 heavy (non-hydrogen) atoms. The normalized spacial score (nSPS) is 35.2. The standard InChI is InChI=1S/C18H18N2S/c1-19-12-6-7-18-8-9-20(16(18)10-12)11-14-13-4-2-3-5-15(13)21-17(14)18/h2-7,16H,8-11H2,1H3/b19-12+/t16-,18+/m0/s1. The zero-order valence-corrected chi connectivity index (χ0v) is 13.0. The number of rotatable bonds is 0. The third kappa shape index (κ3) is 1.43. The molecule has 2 aromatic rings. The molecule has 3 heteroatoms. The van der Waals surface area contributed by atoms with Crippen molar-refractivity contribution in [2.24, 2.45) is 4.99 Å². The fourth-order valence-corrected chi connectivity index (χ4v) is 5.99. The summed E-state index contributed by atoms with van der Waals surface area (Å²) < 4.78 is 1.45. The van der Waals surface area contributed by atoms with E-state index in [1.165, 1.54) is 28.8 Å². The topological polar surface area (TPSA) is 15.6 Å². The summed E-state index contributed by atoms with van der Waals surface area (Å²) in [7, 11) is 1.92. The van der Waals surface area contributed by atoms with Gasteiger partial charge in [-0.25, -0.2) is 0 Å². The van der Waals surface area contributed by atoms with Gasteiger partial charge in [0.1, 0.15) is 0 Å². The molecule has 1 aromatic heterocycles. The molecule has 0 N–H and O–H groups in total. The summed E-state index contributed by atoms with van der Waals surface area (Å²) >= 11 is 2.03. The highest BCUT2D eigenvalue weighted by Gasteiger charge is 2.53. The smallest absolute Gasteiger partial charge is 0.0405 e. The molecule has 1 saturated heterocycles. The van der Waals surface area contributed by atoms with Crippen molar-refractivity contribution in [2.75, 3.05) is 13.6 Å². The van der Waals surface area contributed by atoms with Gasteiger partial charge in [0, 0.05) is 53.3 Å². The van der Waals surface area contributed by atoms with Crippen molar-refractivity contribution in [3.63, 3.8) is 0 Å². The van der Waals surface area contributed by atoms with Gasteiger partial charge in [0.05, 0.1) is 0 Å². The maximum atomic E-state index is 4.44. The van der Waals surface area contributed by atoms with E-state index in [1.807, 2.05) is 18.4 Å². The van der Waals surface area contributed by atoms with Crippen LogP contribution in [0.3, 0.4) is 0 Å². The van der Waals surface area contributed by atoms with Crippen LogP contribution < -0.4 is 0 Å². The van der Waals surface area contributed by atoms with E-state index in [0.29, 0.717) is 6.04 Å². The van der Waals surface area contributed by atoms with E-state index in [1.54, 1.807) is 10.4 Å². The van der Waals surface area contributed by atoms with E-state index in [4.69, 9.17) is 0 Å². The molecule has 0 radical (unpaired) electrons. The minimum atomic E-state index is 0.255. The van der Waals surface area contributed by atoms with Crippen molar-refractivity contribution in [2.45, 2.75) is 30.8 Å². The fraction of sp³-hybridized carbons (Fsp3) is 0.389. The fourth-order valence-electron chi connectivity index (χ4n) is 4.52. The lowest BCUT2D eigenvalue weighted by atomic mass is 9.70. The molecule has 1 fully saturated rings. The van der Waals surface area contributed by atoms with Gasteiger partial charge in [0.25, 0.3) is 0 Å². The highest BCUT2D eigenvalue weighted by atomic mass is 32.1. The van der Waals surface area contributed by atoms with Gasteiger partial charge < -0.3 is 0 Å². The predicted molar refractivity (Wildman–Crippen MR) is 89.4 cm³/mol. The minimum Gasteiger partial charge on any atom is -0.294 e. The van der Waals surface area contributed by atoms with Crippen molar-refractivity contribution in [1.29, 1.82) is 0 Å². The van der Waals surface area contributed by atoms with Crippen LogP contribution in [0.4, 0.5) is 0 Å². The second kappa shape index (κ2) is 4.05. The summed E-state index contributed by atoms with van der Waals surface area (Å²) in [5.74, 6) is 0. The maximum Gasteiger partial charge on any atom is 0.0405 e. The van der Waals surface area contributed by atoms with E-state index in [9.17, 15) is 0 Å². The monoisotopic (exact) mass is 294 g/mol. The van der Waals surface area contributed by atoms with Crippen LogP contribution in [0.1, 0.15) is 23.3 Å². The first-order valence-electron chi connectivity index (χ1n) is 7.72. The number of hydrogen-bond acceptors (Lipinski definition) is 3. The molecule has 3 atom stereocenters. The molecule has 0 spiro atoms. The lowest BCUT2D eigenvalue weighted by molar-refractivity contribution is 0.204. The molecule has 2 bridgehead atoms. The molecule has 2 nitrogen and oxygen atoms in total. The van der Waals surface area contributed by atoms with Crippen molar-refractivity contribution in [3.8, 4) is 0 Å². The van der Waals surface area contributed by atoms with Gasteiger partial charge in [0.2, 0.25) is 0 Å². The Kier molecular flexibility index (Phi) is 2.34. The van der Waals surface area contributed by atoms with Crippen molar-refractivity contribution < 1.29 is 0 Å². The van der Waals surface area contributed by atoms with E-state index < -0.39 is 0 Å². The molecule has 2 aliphatic heterocycles. The number of nitrogens with zero attached hydrogens (tertiary/aromatic N) is 2. The van der Waals surface area contributed by atoms with Gasteiger partial charge in [-0.3, -0.25) is 9.89 Å². The maximum absolute atomic E-state index is 4.44. The van der Waals surface area contributed by atoms with Gasteiger partial charge in [-0.1, -0.05) is 24.3 Å². The van der Waals surface area contributed by atoms with E-state index in [2.05, 4.69) is 46.3 Å². The van der Waals surface area contributed by atoms with Crippen LogP contribution in [0.5, 0.6) is 0 Å². The zero-order chi connectivity index (χ0) is 14.0. The zero-order valence-electron chi connectivity index (χ0n) is 12.2. The first-order chi connectivity index (χ1) is 10.3. The SMILES string of the molecule is C/N=C1\C=C[C@]23CCN(Cc4c2sc2ccccc42)[C@H]3C1. The highest BCUT2D eigenvalue weighted by Crippen LogP contribution is 2.54. The van der Waals surface area contributed by atoms with Crippen LogP contribution in [-0.4, -0.2) is 30.2 Å². The molecular formula is C18H18N2S. The Hall–Kier alpha value is -1.45. The molecule has 3 aliphatic rings. The Morgan fingerprint density at radius 3 is 3.14 bits per heavy atom. The van der Waals surface area contributed by atoms with Gasteiger partial charge in [-0.05, 0) is 29.5 Å². The summed E-state index contributed by atoms with van der Waals surface area (Å²) in [4.78, 5) is 8.76. The van der Waals surface area contributed by atoms with Crippen molar-refractivity contribution in [1.82, 2.24) is 4.90 Å². The second-order valence-corrected chi connectivity index (χ2v) is 7.49. The second-order valence-electron chi connectivity index (χ2n) is 6.43. The highest BCUT2D eigenvalue weighted by molar-refractivity contribution is 7.19.